The highest BCUT2D eigenvalue weighted by atomic mass is 16.3. The van der Waals surface area contributed by atoms with Crippen molar-refractivity contribution in [3.8, 4) is 0 Å². The summed E-state index contributed by atoms with van der Waals surface area (Å²) in [4.78, 5) is 0. The van der Waals surface area contributed by atoms with Gasteiger partial charge in [0.1, 0.15) is 0 Å². The zero-order valence-corrected chi connectivity index (χ0v) is 10.2. The van der Waals surface area contributed by atoms with E-state index >= 15 is 0 Å². The van der Waals surface area contributed by atoms with E-state index in [1.54, 1.807) is 0 Å². The highest BCUT2D eigenvalue weighted by Crippen LogP contribution is 2.41. The predicted octanol–water partition coefficient (Wildman–Crippen LogP) is 3.61. The molecule has 0 spiro atoms. The zero-order chi connectivity index (χ0) is 10.8. The molecule has 1 aliphatic carbocycles. The Morgan fingerprint density at radius 1 is 1.21 bits per heavy atom. The van der Waals surface area contributed by atoms with Crippen LogP contribution in [0.15, 0.2) is 0 Å². The first-order valence-electron chi connectivity index (χ1n) is 6.13. The monoisotopic (exact) mass is 198 g/mol. The van der Waals surface area contributed by atoms with Gasteiger partial charge < -0.3 is 5.11 Å². The first-order valence-corrected chi connectivity index (χ1v) is 6.13. The van der Waals surface area contributed by atoms with Gasteiger partial charge in [0.25, 0.3) is 0 Å². The Kier molecular flexibility index (Phi) is 4.00. The van der Waals surface area contributed by atoms with E-state index in [1.807, 2.05) is 0 Å². The molecule has 84 valence electrons. The third-order valence-corrected chi connectivity index (χ3v) is 3.73. The molecular weight excluding hydrogens is 172 g/mol. The molecule has 1 rings (SSSR count). The van der Waals surface area contributed by atoms with Gasteiger partial charge in [-0.3, -0.25) is 0 Å². The standard InChI is InChI=1S/C13H26O/c1-5-6-10-7-8-12(14)11(9-10)13(2,3)4/h10-12,14H,5-9H2,1-4H3. The fourth-order valence-corrected chi connectivity index (χ4v) is 2.84. The summed E-state index contributed by atoms with van der Waals surface area (Å²) in [5, 5.41) is 9.99. The average molecular weight is 198 g/mol. The van der Waals surface area contributed by atoms with Crippen molar-refractivity contribution in [2.24, 2.45) is 17.3 Å². The number of aliphatic hydroxyl groups excluding tert-OH is 1. The van der Waals surface area contributed by atoms with Crippen molar-refractivity contribution in [3.63, 3.8) is 0 Å². The van der Waals surface area contributed by atoms with Crippen LogP contribution in [0.3, 0.4) is 0 Å². The van der Waals surface area contributed by atoms with Crippen molar-refractivity contribution >= 4 is 0 Å². The van der Waals surface area contributed by atoms with Crippen LogP contribution in [0, 0.1) is 17.3 Å². The average Bonchev–Trinajstić information content (AvgIpc) is 2.07. The number of hydrogen-bond acceptors (Lipinski definition) is 1. The van der Waals surface area contributed by atoms with Crippen molar-refractivity contribution in [1.29, 1.82) is 0 Å². The molecule has 1 heteroatoms. The second kappa shape index (κ2) is 4.65. The molecule has 1 fully saturated rings. The summed E-state index contributed by atoms with van der Waals surface area (Å²) in [6.45, 7) is 9.04. The van der Waals surface area contributed by atoms with E-state index in [-0.39, 0.29) is 11.5 Å². The van der Waals surface area contributed by atoms with Gasteiger partial charge in [-0.15, -0.1) is 0 Å². The Labute approximate surface area is 88.9 Å². The molecule has 1 nitrogen and oxygen atoms in total. The number of hydrogen-bond donors (Lipinski definition) is 1. The third-order valence-electron chi connectivity index (χ3n) is 3.73. The Balaban J connectivity index is 2.55. The van der Waals surface area contributed by atoms with Gasteiger partial charge in [0.05, 0.1) is 6.10 Å². The van der Waals surface area contributed by atoms with E-state index in [9.17, 15) is 5.11 Å². The lowest BCUT2D eigenvalue weighted by molar-refractivity contribution is -0.00950. The molecule has 1 aliphatic rings. The largest absolute Gasteiger partial charge is 0.393 e. The Morgan fingerprint density at radius 3 is 2.36 bits per heavy atom. The summed E-state index contributed by atoms with van der Waals surface area (Å²) >= 11 is 0. The first kappa shape index (κ1) is 12.0. The van der Waals surface area contributed by atoms with Gasteiger partial charge in [0.2, 0.25) is 0 Å². The quantitative estimate of drug-likeness (QED) is 0.718. The van der Waals surface area contributed by atoms with Gasteiger partial charge in [-0.1, -0.05) is 40.5 Å². The van der Waals surface area contributed by atoms with Gasteiger partial charge in [0, 0.05) is 0 Å². The summed E-state index contributed by atoms with van der Waals surface area (Å²) in [6.07, 6.45) is 6.08. The predicted molar refractivity (Wildman–Crippen MR) is 61.2 cm³/mol. The van der Waals surface area contributed by atoms with Gasteiger partial charge in [-0.05, 0) is 36.5 Å². The van der Waals surface area contributed by atoms with E-state index in [1.165, 1.54) is 25.7 Å². The lowest BCUT2D eigenvalue weighted by Crippen LogP contribution is -2.37. The van der Waals surface area contributed by atoms with Crippen LogP contribution in [0.25, 0.3) is 0 Å². The van der Waals surface area contributed by atoms with Gasteiger partial charge in [0.15, 0.2) is 0 Å². The smallest absolute Gasteiger partial charge is 0.0573 e. The molecule has 0 amide bonds. The Morgan fingerprint density at radius 2 is 1.86 bits per heavy atom. The minimum absolute atomic E-state index is 0.0527. The van der Waals surface area contributed by atoms with Crippen LogP contribution in [0.2, 0.25) is 0 Å². The normalized spacial score (nSPS) is 34.5. The van der Waals surface area contributed by atoms with Crippen molar-refractivity contribution in [3.05, 3.63) is 0 Å². The van der Waals surface area contributed by atoms with E-state index < -0.39 is 0 Å². The molecule has 0 aromatic heterocycles. The highest BCUT2D eigenvalue weighted by molar-refractivity contribution is 4.86. The molecule has 3 atom stereocenters. The maximum Gasteiger partial charge on any atom is 0.0573 e. The lowest BCUT2D eigenvalue weighted by atomic mass is 9.67. The van der Waals surface area contributed by atoms with E-state index in [2.05, 4.69) is 27.7 Å². The van der Waals surface area contributed by atoms with Crippen LogP contribution in [-0.4, -0.2) is 11.2 Å². The molecule has 0 aromatic carbocycles. The minimum Gasteiger partial charge on any atom is -0.393 e. The van der Waals surface area contributed by atoms with Gasteiger partial charge in [-0.2, -0.15) is 0 Å². The topological polar surface area (TPSA) is 20.2 Å². The van der Waals surface area contributed by atoms with E-state index in [0.29, 0.717) is 5.92 Å². The van der Waals surface area contributed by atoms with Crippen molar-refractivity contribution in [2.45, 2.75) is 65.9 Å². The number of aliphatic hydroxyl groups is 1. The van der Waals surface area contributed by atoms with Crippen molar-refractivity contribution in [1.82, 2.24) is 0 Å². The van der Waals surface area contributed by atoms with Crippen molar-refractivity contribution < 1.29 is 5.11 Å². The molecule has 3 unspecified atom stereocenters. The second-order valence-corrected chi connectivity index (χ2v) is 6.01. The summed E-state index contributed by atoms with van der Waals surface area (Å²) in [6, 6.07) is 0. The first-order chi connectivity index (χ1) is 6.45. The summed E-state index contributed by atoms with van der Waals surface area (Å²) < 4.78 is 0. The highest BCUT2D eigenvalue weighted by Gasteiger charge is 2.36. The molecule has 0 heterocycles. The Hall–Kier alpha value is -0.0400. The SMILES string of the molecule is CCCC1CCC(O)C(C(C)(C)C)C1. The minimum atomic E-state index is -0.0527. The molecule has 14 heavy (non-hydrogen) atoms. The molecule has 0 aromatic rings. The third kappa shape index (κ3) is 2.98. The van der Waals surface area contributed by atoms with Crippen LogP contribution in [0.1, 0.15) is 59.8 Å². The Bertz CT molecular complexity index is 169. The molecule has 1 N–H and O–H groups in total. The van der Waals surface area contributed by atoms with Crippen LogP contribution >= 0.6 is 0 Å². The molecular formula is C13H26O. The van der Waals surface area contributed by atoms with Crippen LogP contribution in [-0.2, 0) is 0 Å². The summed E-state index contributed by atoms with van der Waals surface area (Å²) in [5.41, 5.74) is 0.270. The second-order valence-electron chi connectivity index (χ2n) is 6.01. The molecule has 0 saturated heterocycles. The van der Waals surface area contributed by atoms with E-state index in [4.69, 9.17) is 0 Å². The summed E-state index contributed by atoms with van der Waals surface area (Å²) in [5.74, 6) is 1.38. The van der Waals surface area contributed by atoms with Crippen LogP contribution in [0.5, 0.6) is 0 Å². The number of rotatable bonds is 2. The summed E-state index contributed by atoms with van der Waals surface area (Å²) in [7, 11) is 0. The lowest BCUT2D eigenvalue weighted by Gasteiger charge is -2.41. The van der Waals surface area contributed by atoms with Crippen LogP contribution < -0.4 is 0 Å². The molecule has 1 saturated carbocycles. The molecule has 0 bridgehead atoms. The van der Waals surface area contributed by atoms with Crippen molar-refractivity contribution in [2.75, 3.05) is 0 Å². The maximum atomic E-state index is 9.99. The fraction of sp³-hybridized carbons (Fsp3) is 1.00. The van der Waals surface area contributed by atoms with Gasteiger partial charge >= 0.3 is 0 Å². The molecule has 0 aliphatic heterocycles. The maximum absolute atomic E-state index is 9.99. The van der Waals surface area contributed by atoms with E-state index in [0.717, 1.165) is 12.3 Å². The van der Waals surface area contributed by atoms with Gasteiger partial charge in [-0.25, -0.2) is 0 Å². The zero-order valence-electron chi connectivity index (χ0n) is 10.2. The fourth-order valence-electron chi connectivity index (χ4n) is 2.84. The van der Waals surface area contributed by atoms with Crippen LogP contribution in [0.4, 0.5) is 0 Å². The molecule has 0 radical (unpaired) electrons.